The fraction of sp³-hybridized carbons (Fsp3) is 0.378. The summed E-state index contributed by atoms with van der Waals surface area (Å²) in [4.78, 5) is 69.4. The second-order valence-electron chi connectivity index (χ2n) is 12.5. The molecule has 0 saturated heterocycles. The number of nitrogens with one attached hydrogen (secondary N) is 2. The topological polar surface area (TPSA) is 134 Å². The Morgan fingerprint density at radius 3 is 2.19 bits per heavy atom. The van der Waals surface area contributed by atoms with Gasteiger partial charge in [-0.1, -0.05) is 54.6 Å². The Balaban J connectivity index is 1.63. The first-order valence-corrected chi connectivity index (χ1v) is 16.2. The standard InChI is InChI=1S/C37H44N4O7/c1-6-47-32(43)23-25(2)40-33(27-13-9-7-10-14-27)35(45)41(28-15-11-8-12-16-28)30-19-17-26(24-29(30)34(40)44)18-20-31(42)38-21-22-39-36(46)48-37(3,4)5/h7-17,19,24-25,33H,6,18,20-23H2,1-5H3,(H,38,42)(H,39,46). The SMILES string of the molecule is CCOC(=O)CC(C)N1C(=O)c2cc(CCC(=O)NCCNC(=O)OC(C)(C)C)ccc2N(c2ccccc2)C(=O)C1c1ccccc1. The third-order valence-electron chi connectivity index (χ3n) is 7.63. The molecule has 11 nitrogen and oxygen atoms in total. The first-order chi connectivity index (χ1) is 22.9. The van der Waals surface area contributed by atoms with E-state index < -0.39 is 35.7 Å². The highest BCUT2D eigenvalue weighted by molar-refractivity contribution is 6.14. The third-order valence-corrected chi connectivity index (χ3v) is 7.63. The number of anilines is 2. The van der Waals surface area contributed by atoms with Crippen LogP contribution < -0.4 is 15.5 Å². The van der Waals surface area contributed by atoms with Crippen molar-refractivity contribution >= 4 is 41.2 Å². The molecule has 2 unspecified atom stereocenters. The molecule has 2 atom stereocenters. The third kappa shape index (κ3) is 9.21. The molecule has 0 aliphatic carbocycles. The molecule has 4 rings (SSSR count). The van der Waals surface area contributed by atoms with Crippen molar-refractivity contribution in [1.82, 2.24) is 15.5 Å². The molecule has 0 bridgehead atoms. The summed E-state index contributed by atoms with van der Waals surface area (Å²) in [6.45, 7) is 9.39. The van der Waals surface area contributed by atoms with Crippen LogP contribution in [0.4, 0.5) is 16.2 Å². The number of hydrogen-bond acceptors (Lipinski definition) is 7. The van der Waals surface area contributed by atoms with Crippen molar-refractivity contribution < 1.29 is 33.4 Å². The summed E-state index contributed by atoms with van der Waals surface area (Å²) in [5.41, 5.74) is 1.99. The summed E-state index contributed by atoms with van der Waals surface area (Å²) in [6.07, 6.45) is -0.198. The summed E-state index contributed by atoms with van der Waals surface area (Å²) >= 11 is 0. The second kappa shape index (κ2) is 16.1. The molecule has 2 N–H and O–H groups in total. The minimum Gasteiger partial charge on any atom is -0.466 e. The van der Waals surface area contributed by atoms with Crippen molar-refractivity contribution in [3.05, 3.63) is 95.6 Å². The van der Waals surface area contributed by atoms with Gasteiger partial charge in [-0.25, -0.2) is 4.79 Å². The molecular weight excluding hydrogens is 612 g/mol. The van der Waals surface area contributed by atoms with Crippen LogP contribution in [0, 0.1) is 0 Å². The molecule has 3 aromatic carbocycles. The normalized spacial score (nSPS) is 15.2. The molecule has 48 heavy (non-hydrogen) atoms. The number of para-hydroxylation sites is 1. The van der Waals surface area contributed by atoms with Crippen LogP contribution in [0.15, 0.2) is 78.9 Å². The number of hydrogen-bond donors (Lipinski definition) is 2. The average Bonchev–Trinajstić information content (AvgIpc) is 3.13. The predicted molar refractivity (Wildman–Crippen MR) is 182 cm³/mol. The number of amides is 4. The average molecular weight is 657 g/mol. The van der Waals surface area contributed by atoms with Crippen LogP contribution in [-0.2, 0) is 30.3 Å². The Kier molecular flexibility index (Phi) is 11.9. The summed E-state index contributed by atoms with van der Waals surface area (Å²) in [6, 6.07) is 21.7. The Labute approximate surface area is 281 Å². The molecule has 0 saturated carbocycles. The van der Waals surface area contributed by atoms with Gasteiger partial charge in [0, 0.05) is 31.2 Å². The van der Waals surface area contributed by atoms with Crippen LogP contribution in [0.1, 0.15) is 75.0 Å². The van der Waals surface area contributed by atoms with E-state index in [0.29, 0.717) is 23.4 Å². The molecule has 0 radical (unpaired) electrons. The van der Waals surface area contributed by atoms with Gasteiger partial charge in [0.1, 0.15) is 11.6 Å². The lowest BCUT2D eigenvalue weighted by molar-refractivity contribution is -0.144. The Morgan fingerprint density at radius 1 is 0.896 bits per heavy atom. The fourth-order valence-electron chi connectivity index (χ4n) is 5.54. The number of rotatable bonds is 12. The van der Waals surface area contributed by atoms with Crippen molar-refractivity contribution in [3.63, 3.8) is 0 Å². The zero-order chi connectivity index (χ0) is 34.8. The van der Waals surface area contributed by atoms with Gasteiger partial charge in [-0.05, 0) is 76.4 Å². The molecule has 0 fully saturated rings. The molecule has 1 aliphatic heterocycles. The molecule has 1 aliphatic rings. The van der Waals surface area contributed by atoms with Gasteiger partial charge < -0.3 is 25.0 Å². The van der Waals surface area contributed by atoms with Crippen LogP contribution in [0.3, 0.4) is 0 Å². The highest BCUT2D eigenvalue weighted by atomic mass is 16.6. The van der Waals surface area contributed by atoms with Gasteiger partial charge in [0.05, 0.1) is 24.3 Å². The summed E-state index contributed by atoms with van der Waals surface area (Å²) < 4.78 is 10.4. The first-order valence-electron chi connectivity index (χ1n) is 16.2. The number of carbonyl (C=O) groups is 5. The predicted octanol–water partition coefficient (Wildman–Crippen LogP) is 5.46. The Morgan fingerprint density at radius 2 is 1.54 bits per heavy atom. The van der Waals surface area contributed by atoms with Gasteiger partial charge >= 0.3 is 12.1 Å². The number of nitrogens with zero attached hydrogens (tertiary/aromatic N) is 2. The van der Waals surface area contributed by atoms with Crippen molar-refractivity contribution in [2.24, 2.45) is 0 Å². The lowest BCUT2D eigenvalue weighted by atomic mass is 10.00. The Bertz CT molecular complexity index is 1600. The quantitative estimate of drug-likeness (QED) is 0.195. The maximum atomic E-state index is 14.6. The monoisotopic (exact) mass is 656 g/mol. The maximum absolute atomic E-state index is 14.6. The van der Waals surface area contributed by atoms with E-state index in [0.717, 1.165) is 5.56 Å². The zero-order valence-electron chi connectivity index (χ0n) is 28.2. The van der Waals surface area contributed by atoms with E-state index in [2.05, 4.69) is 10.6 Å². The summed E-state index contributed by atoms with van der Waals surface area (Å²) in [7, 11) is 0. The van der Waals surface area contributed by atoms with Gasteiger partial charge in [0.2, 0.25) is 5.91 Å². The molecule has 4 amide bonds. The highest BCUT2D eigenvalue weighted by Gasteiger charge is 2.43. The second-order valence-corrected chi connectivity index (χ2v) is 12.5. The van der Waals surface area contributed by atoms with Crippen LogP contribution in [0.2, 0.25) is 0 Å². The van der Waals surface area contributed by atoms with Gasteiger partial charge in [-0.2, -0.15) is 0 Å². The molecule has 0 spiro atoms. The molecule has 0 aromatic heterocycles. The Hall–Kier alpha value is -5.19. The van der Waals surface area contributed by atoms with E-state index in [-0.39, 0.29) is 49.9 Å². The number of alkyl carbamates (subject to hydrolysis) is 1. The van der Waals surface area contributed by atoms with Crippen LogP contribution in [0.5, 0.6) is 0 Å². The summed E-state index contributed by atoms with van der Waals surface area (Å²) in [5.74, 6) is -1.45. The van der Waals surface area contributed by atoms with E-state index in [4.69, 9.17) is 9.47 Å². The molecule has 3 aromatic rings. The number of ether oxygens (including phenoxy) is 2. The first kappa shape index (κ1) is 35.7. The van der Waals surface area contributed by atoms with E-state index >= 15 is 0 Å². The minimum atomic E-state index is -1.03. The molecular formula is C37H44N4O7. The van der Waals surface area contributed by atoms with E-state index in [1.165, 1.54) is 4.90 Å². The van der Waals surface area contributed by atoms with Gasteiger partial charge in [0.15, 0.2) is 0 Å². The lowest BCUT2D eigenvalue weighted by Gasteiger charge is -2.35. The molecule has 1 heterocycles. The number of benzene rings is 3. The van der Waals surface area contributed by atoms with Crippen LogP contribution in [0.25, 0.3) is 0 Å². The van der Waals surface area contributed by atoms with Crippen LogP contribution in [-0.4, -0.2) is 66.0 Å². The van der Waals surface area contributed by atoms with Gasteiger partial charge in [0.25, 0.3) is 11.8 Å². The lowest BCUT2D eigenvalue weighted by Crippen LogP contribution is -2.46. The van der Waals surface area contributed by atoms with E-state index in [1.807, 2.05) is 54.6 Å². The number of aryl methyl sites for hydroxylation is 1. The largest absolute Gasteiger partial charge is 0.466 e. The smallest absolute Gasteiger partial charge is 0.407 e. The van der Waals surface area contributed by atoms with E-state index in [9.17, 15) is 24.0 Å². The van der Waals surface area contributed by atoms with Gasteiger partial charge in [-0.3, -0.25) is 24.1 Å². The van der Waals surface area contributed by atoms with Crippen molar-refractivity contribution in [1.29, 1.82) is 0 Å². The number of carbonyl (C=O) groups excluding carboxylic acids is 5. The maximum Gasteiger partial charge on any atom is 0.407 e. The highest BCUT2D eigenvalue weighted by Crippen LogP contribution is 2.40. The van der Waals surface area contributed by atoms with Crippen molar-refractivity contribution in [2.45, 2.75) is 71.6 Å². The molecule has 254 valence electrons. The van der Waals surface area contributed by atoms with Crippen LogP contribution >= 0.6 is 0 Å². The van der Waals surface area contributed by atoms with Crippen molar-refractivity contribution in [2.75, 3.05) is 24.6 Å². The fourth-order valence-corrected chi connectivity index (χ4v) is 5.54. The number of fused-ring (bicyclic) bond motifs is 1. The zero-order valence-corrected chi connectivity index (χ0v) is 28.2. The van der Waals surface area contributed by atoms with E-state index in [1.54, 1.807) is 63.8 Å². The summed E-state index contributed by atoms with van der Waals surface area (Å²) in [5, 5.41) is 5.38. The minimum absolute atomic E-state index is 0.0977. The van der Waals surface area contributed by atoms with Crippen molar-refractivity contribution in [3.8, 4) is 0 Å². The van der Waals surface area contributed by atoms with Gasteiger partial charge in [-0.15, -0.1) is 0 Å². The number of esters is 1. The molecule has 11 heteroatoms.